The number of H-pyrrole nitrogens is 1. The quantitative estimate of drug-likeness (QED) is 0.458. The lowest BCUT2D eigenvalue weighted by Gasteiger charge is -2.30. The van der Waals surface area contributed by atoms with Crippen LogP contribution in [0, 0.1) is 0 Å². The first-order chi connectivity index (χ1) is 14.2. The number of fused-ring (bicyclic) bond motifs is 2. The van der Waals surface area contributed by atoms with E-state index in [9.17, 15) is 9.59 Å². The van der Waals surface area contributed by atoms with E-state index in [4.69, 9.17) is 4.74 Å². The van der Waals surface area contributed by atoms with Crippen molar-refractivity contribution in [2.24, 2.45) is 0 Å². The summed E-state index contributed by atoms with van der Waals surface area (Å²) >= 11 is 2.92. The molecule has 1 N–H and O–H groups in total. The fourth-order valence-corrected chi connectivity index (χ4v) is 5.02. The van der Waals surface area contributed by atoms with Crippen molar-refractivity contribution in [3.8, 4) is 0 Å². The molecule has 1 aliphatic heterocycles. The molecule has 0 atom stereocenters. The van der Waals surface area contributed by atoms with E-state index in [0.29, 0.717) is 24.7 Å². The molecule has 0 aliphatic carbocycles. The number of ether oxygens (including phenoxy) is 1. The zero-order valence-electron chi connectivity index (χ0n) is 15.8. The number of carbonyl (C=O) groups is 1. The van der Waals surface area contributed by atoms with E-state index < -0.39 is 0 Å². The molecule has 0 saturated carbocycles. The summed E-state index contributed by atoms with van der Waals surface area (Å²) in [4.78, 5) is 29.1. The van der Waals surface area contributed by atoms with Crippen LogP contribution >= 0.6 is 23.5 Å². The molecule has 2 aromatic carbocycles. The molecule has 1 aromatic heterocycles. The summed E-state index contributed by atoms with van der Waals surface area (Å²) in [5.74, 6) is 0.108. The van der Waals surface area contributed by atoms with Crippen LogP contribution in [-0.4, -0.2) is 40.1 Å². The van der Waals surface area contributed by atoms with Crippen molar-refractivity contribution in [3.63, 3.8) is 0 Å². The van der Waals surface area contributed by atoms with Crippen LogP contribution in [0.15, 0.2) is 68.3 Å². The van der Waals surface area contributed by atoms with Crippen molar-refractivity contribution < 1.29 is 9.53 Å². The second-order valence-corrected chi connectivity index (χ2v) is 8.39. The highest BCUT2D eigenvalue weighted by atomic mass is 32.2. The van der Waals surface area contributed by atoms with E-state index in [1.54, 1.807) is 28.3 Å². The largest absolute Gasteiger partial charge is 0.385 e. The van der Waals surface area contributed by atoms with Gasteiger partial charge in [-0.05, 0) is 30.7 Å². The molecule has 2 heterocycles. The maximum absolute atomic E-state index is 13.2. The molecule has 0 saturated heterocycles. The monoisotopic (exact) mass is 428 g/mol. The third-order valence-electron chi connectivity index (χ3n) is 4.46. The average Bonchev–Trinajstić information content (AvgIpc) is 3.10. The van der Waals surface area contributed by atoms with Crippen LogP contribution in [0.2, 0.25) is 0 Å². The van der Waals surface area contributed by atoms with Crippen molar-refractivity contribution in [1.29, 1.82) is 0 Å². The Balaban J connectivity index is 1.55. The molecule has 3 aromatic rings. The Morgan fingerprint density at radius 3 is 2.45 bits per heavy atom. The molecule has 7 nitrogen and oxygen atoms in total. The van der Waals surface area contributed by atoms with Gasteiger partial charge in [0.2, 0.25) is 5.91 Å². The first kappa shape index (κ1) is 19.8. The van der Waals surface area contributed by atoms with Gasteiger partial charge >= 0.3 is 5.69 Å². The Kier molecular flexibility index (Phi) is 6.08. The standard InChI is InChI=1S/C20H20N4O3S2/c1-27-12-6-11-23-19(26)21-22-20(23)28-13-18(25)24-14-7-2-4-9-16(14)29-17-10-5-3-8-15(17)24/h2-5,7-10H,6,11-13H2,1H3,(H,21,26). The minimum Gasteiger partial charge on any atom is -0.385 e. The summed E-state index contributed by atoms with van der Waals surface area (Å²) in [5.41, 5.74) is 1.48. The zero-order valence-corrected chi connectivity index (χ0v) is 17.5. The van der Waals surface area contributed by atoms with Gasteiger partial charge in [-0.15, -0.1) is 5.10 Å². The first-order valence-corrected chi connectivity index (χ1v) is 10.9. The molecule has 1 aliphatic rings. The van der Waals surface area contributed by atoms with Crippen LogP contribution in [0.4, 0.5) is 11.4 Å². The molecule has 9 heteroatoms. The van der Waals surface area contributed by atoms with Gasteiger partial charge in [-0.25, -0.2) is 9.89 Å². The van der Waals surface area contributed by atoms with E-state index in [2.05, 4.69) is 10.2 Å². The van der Waals surface area contributed by atoms with E-state index in [1.165, 1.54) is 11.8 Å². The minimum atomic E-state index is -0.277. The predicted octanol–water partition coefficient (Wildman–Crippen LogP) is 3.53. The maximum atomic E-state index is 13.2. The Hall–Kier alpha value is -2.49. The summed E-state index contributed by atoms with van der Waals surface area (Å²) in [7, 11) is 1.62. The summed E-state index contributed by atoms with van der Waals surface area (Å²) in [6.45, 7) is 1.05. The number of rotatable bonds is 7. The van der Waals surface area contributed by atoms with Gasteiger partial charge in [-0.3, -0.25) is 14.3 Å². The molecule has 150 valence electrons. The van der Waals surface area contributed by atoms with Gasteiger partial charge in [0.1, 0.15) is 0 Å². The highest BCUT2D eigenvalue weighted by Crippen LogP contribution is 2.48. The SMILES string of the molecule is COCCCn1c(SCC(=O)N2c3ccccc3Sc3ccccc32)n[nH]c1=O. The van der Waals surface area contributed by atoms with Crippen LogP contribution in [0.5, 0.6) is 0 Å². The number of hydrogen-bond acceptors (Lipinski definition) is 6. The number of anilines is 2. The lowest BCUT2D eigenvalue weighted by Crippen LogP contribution is -2.30. The number of nitrogens with zero attached hydrogens (tertiary/aromatic N) is 3. The molecule has 0 spiro atoms. The van der Waals surface area contributed by atoms with Gasteiger partial charge in [-0.2, -0.15) is 0 Å². The Morgan fingerprint density at radius 2 is 1.79 bits per heavy atom. The summed E-state index contributed by atoms with van der Waals surface area (Å²) in [6.07, 6.45) is 0.696. The predicted molar refractivity (Wildman–Crippen MR) is 114 cm³/mol. The zero-order chi connectivity index (χ0) is 20.2. The molecule has 0 radical (unpaired) electrons. The highest BCUT2D eigenvalue weighted by Gasteiger charge is 2.28. The maximum Gasteiger partial charge on any atom is 0.343 e. The third-order valence-corrected chi connectivity index (χ3v) is 6.55. The number of aromatic amines is 1. The molecular formula is C20H20N4O3S2. The number of para-hydroxylation sites is 2. The van der Waals surface area contributed by atoms with Gasteiger partial charge in [0.15, 0.2) is 5.16 Å². The van der Waals surface area contributed by atoms with Gasteiger partial charge in [-0.1, -0.05) is 47.8 Å². The number of amides is 1. The van der Waals surface area contributed by atoms with Crippen molar-refractivity contribution in [3.05, 3.63) is 59.0 Å². The average molecular weight is 429 g/mol. The number of methoxy groups -OCH3 is 1. The summed E-state index contributed by atoms with van der Waals surface area (Å²) < 4.78 is 6.59. The van der Waals surface area contributed by atoms with E-state index >= 15 is 0 Å². The molecular weight excluding hydrogens is 408 g/mol. The molecule has 0 fully saturated rings. The van der Waals surface area contributed by atoms with Crippen LogP contribution in [0.1, 0.15) is 6.42 Å². The van der Waals surface area contributed by atoms with Crippen LogP contribution in [0.3, 0.4) is 0 Å². The Morgan fingerprint density at radius 1 is 1.14 bits per heavy atom. The molecule has 4 rings (SSSR count). The van der Waals surface area contributed by atoms with Crippen molar-refractivity contribution >= 4 is 40.8 Å². The molecule has 1 amide bonds. The Labute approximate surface area is 176 Å². The van der Waals surface area contributed by atoms with Crippen molar-refractivity contribution in [1.82, 2.24) is 14.8 Å². The topological polar surface area (TPSA) is 80.2 Å². The lowest BCUT2D eigenvalue weighted by atomic mass is 10.2. The number of nitrogens with one attached hydrogen (secondary N) is 1. The van der Waals surface area contributed by atoms with Crippen molar-refractivity contribution in [2.75, 3.05) is 24.4 Å². The normalized spacial score (nSPS) is 12.5. The Bertz CT molecular complexity index is 1030. The minimum absolute atomic E-state index is 0.0610. The number of benzene rings is 2. The van der Waals surface area contributed by atoms with Crippen LogP contribution < -0.4 is 10.6 Å². The molecule has 29 heavy (non-hydrogen) atoms. The van der Waals surface area contributed by atoms with Gasteiger partial charge in [0.25, 0.3) is 0 Å². The van der Waals surface area contributed by atoms with E-state index in [-0.39, 0.29) is 17.3 Å². The number of thioether (sulfide) groups is 1. The summed E-state index contributed by atoms with van der Waals surface area (Å²) in [5, 5.41) is 7.05. The summed E-state index contributed by atoms with van der Waals surface area (Å²) in [6, 6.07) is 15.8. The fraction of sp³-hybridized carbons (Fsp3) is 0.250. The van der Waals surface area contributed by atoms with Gasteiger partial charge in [0.05, 0.1) is 17.1 Å². The number of carbonyl (C=O) groups excluding carboxylic acids is 1. The smallest absolute Gasteiger partial charge is 0.343 e. The second kappa shape index (κ2) is 8.89. The van der Waals surface area contributed by atoms with E-state index in [0.717, 1.165) is 21.2 Å². The van der Waals surface area contributed by atoms with Crippen molar-refractivity contribution in [2.45, 2.75) is 27.9 Å². The van der Waals surface area contributed by atoms with Crippen LogP contribution in [0.25, 0.3) is 0 Å². The lowest BCUT2D eigenvalue weighted by molar-refractivity contribution is -0.115. The first-order valence-electron chi connectivity index (χ1n) is 9.15. The van der Waals surface area contributed by atoms with Crippen LogP contribution in [-0.2, 0) is 16.1 Å². The molecule has 0 bridgehead atoms. The van der Waals surface area contributed by atoms with E-state index in [1.807, 2.05) is 48.5 Å². The number of aromatic nitrogens is 3. The van der Waals surface area contributed by atoms with Gasteiger partial charge in [0, 0.05) is 30.1 Å². The second-order valence-electron chi connectivity index (χ2n) is 6.36. The molecule has 0 unspecified atom stereocenters. The number of hydrogen-bond donors (Lipinski definition) is 1. The highest BCUT2D eigenvalue weighted by molar-refractivity contribution is 8.00. The fourth-order valence-electron chi connectivity index (χ4n) is 3.14. The van der Waals surface area contributed by atoms with Gasteiger partial charge < -0.3 is 4.74 Å². The third kappa shape index (κ3) is 4.12.